The Morgan fingerprint density at radius 3 is 1.32 bits per heavy atom. The second-order valence-electron chi connectivity index (χ2n) is 19.2. The van der Waals surface area contributed by atoms with Crippen molar-refractivity contribution in [2.24, 2.45) is 0 Å². The first-order chi connectivity index (χ1) is 43.6. The van der Waals surface area contributed by atoms with E-state index in [4.69, 9.17) is 16.8 Å². The summed E-state index contributed by atoms with van der Waals surface area (Å²) in [6, 6.07) is 65.5. The van der Waals surface area contributed by atoms with E-state index in [0.717, 1.165) is 98.1 Å². The van der Waals surface area contributed by atoms with Gasteiger partial charge >= 0.3 is 0 Å². The first-order valence-electron chi connectivity index (χ1n) is 32.0. The Labute approximate surface area is 464 Å². The molecule has 1 heteroatoms. The van der Waals surface area contributed by atoms with E-state index >= 15 is 0 Å². The van der Waals surface area contributed by atoms with Crippen LogP contribution in [0.4, 0.5) is 0 Å². The van der Waals surface area contributed by atoms with Crippen LogP contribution < -0.4 is 0 Å². The molecule has 358 valence electrons. The highest BCUT2D eigenvalue weighted by atomic mass is 16.3. The lowest BCUT2D eigenvalue weighted by Crippen LogP contribution is -1.91. The summed E-state index contributed by atoms with van der Waals surface area (Å²) in [5.74, 6) is 0. The zero-order chi connectivity index (χ0) is 62.1. The number of hydrogen-bond acceptors (Lipinski definition) is 1. The minimum Gasteiger partial charge on any atom is -0.456 e. The molecule has 0 radical (unpaired) electrons. The molecule has 0 N–H and O–H groups in total. The summed E-state index contributed by atoms with van der Waals surface area (Å²) >= 11 is 0. The van der Waals surface area contributed by atoms with Crippen LogP contribution in [0.2, 0.25) is 0 Å². The van der Waals surface area contributed by atoms with E-state index in [-0.39, 0.29) is 75.4 Å². The fraction of sp³-hybridized carbons (Fsp3) is 0. The lowest BCUT2D eigenvalue weighted by molar-refractivity contribution is 0.669. The molecular formula is C76H48O. The maximum Gasteiger partial charge on any atom is 0.136 e. The van der Waals surface area contributed by atoms with Gasteiger partial charge in [-0.3, -0.25) is 0 Å². The number of furan rings is 1. The predicted molar refractivity (Wildman–Crippen MR) is 330 cm³/mol. The lowest BCUT2D eigenvalue weighted by Gasteiger charge is -2.19. The zero-order valence-electron chi connectivity index (χ0n) is 54.1. The highest BCUT2D eigenvalue weighted by Crippen LogP contribution is 2.48. The second-order valence-corrected chi connectivity index (χ2v) is 19.2. The fourth-order valence-electron chi connectivity index (χ4n) is 11.6. The number of hydrogen-bond donors (Lipinski definition) is 0. The average molecular weight is 990 g/mol. The van der Waals surface area contributed by atoms with Gasteiger partial charge in [-0.05, 0) is 155 Å². The summed E-state index contributed by atoms with van der Waals surface area (Å²) in [6.07, 6.45) is 0. The summed E-state index contributed by atoms with van der Waals surface area (Å²) in [6.45, 7) is 0. The van der Waals surface area contributed by atoms with E-state index in [1.54, 1.807) is 0 Å². The molecule has 16 aromatic rings. The van der Waals surface area contributed by atoms with E-state index in [1.165, 1.54) is 0 Å². The third-order valence-electron chi connectivity index (χ3n) is 15.0. The smallest absolute Gasteiger partial charge is 0.136 e. The van der Waals surface area contributed by atoms with Gasteiger partial charge in [0.15, 0.2) is 0 Å². The fourth-order valence-corrected chi connectivity index (χ4v) is 11.6. The molecule has 0 saturated heterocycles. The third kappa shape index (κ3) is 7.47. The van der Waals surface area contributed by atoms with Crippen LogP contribution in [0.1, 0.15) is 17.8 Å². The van der Waals surface area contributed by atoms with E-state index in [2.05, 4.69) is 54.6 Å². The quantitative estimate of drug-likeness (QED) is 0.157. The Kier molecular flexibility index (Phi) is 7.87. The van der Waals surface area contributed by atoms with Crippen LogP contribution in [-0.4, -0.2) is 0 Å². The molecule has 0 saturated carbocycles. The molecule has 77 heavy (non-hydrogen) atoms. The van der Waals surface area contributed by atoms with Crippen molar-refractivity contribution >= 4 is 97.3 Å². The van der Waals surface area contributed by atoms with Crippen LogP contribution >= 0.6 is 0 Å². The molecule has 0 aliphatic carbocycles. The summed E-state index contributed by atoms with van der Waals surface area (Å²) in [5.41, 5.74) is 8.32. The van der Waals surface area contributed by atoms with Gasteiger partial charge in [-0.15, -0.1) is 0 Å². The van der Waals surface area contributed by atoms with Gasteiger partial charge in [-0.1, -0.05) is 267 Å². The lowest BCUT2D eigenvalue weighted by atomic mass is 9.84. The number of benzene rings is 15. The van der Waals surface area contributed by atoms with Crippen LogP contribution in [0.25, 0.3) is 153 Å². The maximum atomic E-state index is 9.21. The molecule has 15 aromatic carbocycles. The molecule has 0 atom stereocenters. The van der Waals surface area contributed by atoms with Crippen LogP contribution in [0.3, 0.4) is 0 Å². The number of fused-ring (bicyclic) bond motifs is 10. The Morgan fingerprint density at radius 2 is 0.675 bits per heavy atom. The standard InChI is InChI=1S/C40H26.C36H22O/c1-2-12-31-26-32(25-22-27(31)10-1)28-20-23-30(24-21-28)39-35-15-5-7-17-37(35)40(38-18-8-6-16-36(38)39)34-19-9-13-29-11-3-4-14-33(29)34;1-2-11-23(12-3-1)34-26-15-6-8-17-28(26)35(29-18-9-7-16-27(29)34)30-19-10-20-32-36(30)31-21-24-13-4-5-14-25(24)22-33(31)37-32/h1-26H;1-22H/i5D,6D,7D,8D,15D,16D,17D,18D;1D,2D,3D,11D,12D. The molecule has 1 heterocycles. The van der Waals surface area contributed by atoms with Gasteiger partial charge in [-0.25, -0.2) is 0 Å². The first kappa shape index (κ1) is 33.0. The van der Waals surface area contributed by atoms with E-state index < -0.39 is 30.2 Å². The molecule has 1 aromatic heterocycles. The monoisotopic (exact) mass is 989 g/mol. The molecule has 0 amide bonds. The van der Waals surface area contributed by atoms with Crippen molar-refractivity contribution in [3.05, 3.63) is 291 Å². The van der Waals surface area contributed by atoms with Gasteiger partial charge in [0.1, 0.15) is 11.2 Å². The van der Waals surface area contributed by atoms with E-state index in [1.807, 2.05) is 158 Å². The molecular weight excluding hydrogens is 929 g/mol. The molecule has 0 spiro atoms. The van der Waals surface area contributed by atoms with Gasteiger partial charge in [-0.2, -0.15) is 0 Å². The van der Waals surface area contributed by atoms with Crippen molar-refractivity contribution in [1.29, 1.82) is 0 Å². The van der Waals surface area contributed by atoms with Crippen LogP contribution in [0, 0.1) is 0 Å². The highest BCUT2D eigenvalue weighted by Gasteiger charge is 2.21. The third-order valence-corrected chi connectivity index (χ3v) is 15.0. The van der Waals surface area contributed by atoms with Crippen molar-refractivity contribution < 1.29 is 22.2 Å². The average Bonchev–Trinajstić information content (AvgIpc) is 0.737. The van der Waals surface area contributed by atoms with Crippen molar-refractivity contribution in [1.82, 2.24) is 0 Å². The SMILES string of the molecule is [2H]c1c([2H])c([2H])c(-c2c3ccccc3c(-c3cccc4oc5cc6ccccc6cc5c34)c3ccccc23)c([2H])c1[2H].[2H]c1c([2H])c([2H])c2c(-c3cccc4ccccc34)c3c([2H])c([2H])c([2H])c([2H])c3c(-c3ccc(-c4ccc5ccccc5c4)cc3)c2c1[2H]. The maximum absolute atomic E-state index is 9.21. The molecule has 1 nitrogen and oxygen atoms in total. The van der Waals surface area contributed by atoms with Gasteiger partial charge in [0, 0.05) is 10.8 Å². The molecule has 0 aliphatic heterocycles. The summed E-state index contributed by atoms with van der Waals surface area (Å²) < 4.78 is 120. The van der Waals surface area contributed by atoms with Crippen LogP contribution in [0.15, 0.2) is 295 Å². The van der Waals surface area contributed by atoms with Gasteiger partial charge in [0.05, 0.1) is 17.8 Å². The Hall–Kier alpha value is -10.1. The molecule has 16 rings (SSSR count). The van der Waals surface area contributed by atoms with E-state index in [0.29, 0.717) is 27.8 Å². The largest absolute Gasteiger partial charge is 0.456 e. The van der Waals surface area contributed by atoms with Crippen molar-refractivity contribution in [2.45, 2.75) is 0 Å². The highest BCUT2D eigenvalue weighted by molar-refractivity contribution is 6.27. The van der Waals surface area contributed by atoms with Gasteiger partial charge in [0.2, 0.25) is 0 Å². The minimum absolute atomic E-state index is 0.207. The number of rotatable bonds is 5. The molecule has 0 aliphatic rings. The Morgan fingerprint density at radius 1 is 0.234 bits per heavy atom. The minimum atomic E-state index is -0.411. The zero-order valence-corrected chi connectivity index (χ0v) is 41.1. The van der Waals surface area contributed by atoms with E-state index in [9.17, 15) is 5.48 Å². The Bertz CT molecular complexity index is 5600. The predicted octanol–water partition coefficient (Wildman–Crippen LogP) is 21.7. The molecule has 0 fully saturated rings. The van der Waals surface area contributed by atoms with Gasteiger partial charge in [0.25, 0.3) is 0 Å². The molecule has 0 bridgehead atoms. The molecule has 0 unspecified atom stereocenters. The summed E-state index contributed by atoms with van der Waals surface area (Å²) in [4.78, 5) is 0. The second kappa shape index (κ2) is 18.4. The van der Waals surface area contributed by atoms with Crippen molar-refractivity contribution in [3.8, 4) is 55.6 Å². The first-order valence-corrected chi connectivity index (χ1v) is 25.5. The topological polar surface area (TPSA) is 13.1 Å². The van der Waals surface area contributed by atoms with Crippen molar-refractivity contribution in [3.63, 3.8) is 0 Å². The van der Waals surface area contributed by atoms with Gasteiger partial charge < -0.3 is 4.42 Å². The summed E-state index contributed by atoms with van der Waals surface area (Å²) in [7, 11) is 0. The summed E-state index contributed by atoms with van der Waals surface area (Å²) in [5, 5.41) is 12.6. The van der Waals surface area contributed by atoms with Crippen molar-refractivity contribution in [2.75, 3.05) is 0 Å². The van der Waals surface area contributed by atoms with Crippen LogP contribution in [0.5, 0.6) is 0 Å². The Balaban J connectivity index is 0.000000151. The van der Waals surface area contributed by atoms with Crippen LogP contribution in [-0.2, 0) is 0 Å². The normalized spacial score (nSPS) is 14.0.